The average Bonchev–Trinajstić information content (AvgIpc) is 2.89. The van der Waals surface area contributed by atoms with Gasteiger partial charge in [-0.25, -0.2) is 0 Å². The smallest absolute Gasteiger partial charge is 0.112 e. The van der Waals surface area contributed by atoms with Gasteiger partial charge in [-0.2, -0.15) is 0 Å². The Hall–Kier alpha value is -1.50. The molecule has 0 heterocycles. The molecule has 1 heteroatoms. The highest BCUT2D eigenvalue weighted by molar-refractivity contribution is 5.31. The zero-order chi connectivity index (χ0) is 11.7. The van der Waals surface area contributed by atoms with Crippen LogP contribution < -0.4 is 0 Å². The Morgan fingerprint density at radius 3 is 2.76 bits per heavy atom. The molecule has 3 rings (SSSR count). The van der Waals surface area contributed by atoms with Gasteiger partial charge in [-0.1, -0.05) is 42.0 Å². The third-order valence-corrected chi connectivity index (χ3v) is 3.93. The minimum Gasteiger partial charge on any atom is -0.497 e. The average molecular weight is 226 g/mol. The predicted molar refractivity (Wildman–Crippen MR) is 69.3 cm³/mol. The van der Waals surface area contributed by atoms with Crippen molar-refractivity contribution in [2.75, 3.05) is 0 Å². The number of allylic oxidation sites excluding steroid dienone is 3. The summed E-state index contributed by atoms with van der Waals surface area (Å²) in [6.07, 6.45) is 6.93. The first-order chi connectivity index (χ1) is 8.33. The lowest BCUT2D eigenvalue weighted by atomic mass is 9.97. The molecule has 2 atom stereocenters. The molecule has 2 unspecified atom stereocenters. The Labute approximate surface area is 103 Å². The molecule has 0 aliphatic heterocycles. The fourth-order valence-corrected chi connectivity index (χ4v) is 2.91. The van der Waals surface area contributed by atoms with E-state index in [-0.39, 0.29) is 0 Å². The van der Waals surface area contributed by atoms with Crippen LogP contribution >= 0.6 is 0 Å². The van der Waals surface area contributed by atoms with Crippen molar-refractivity contribution in [2.45, 2.75) is 26.4 Å². The van der Waals surface area contributed by atoms with Gasteiger partial charge >= 0.3 is 0 Å². The van der Waals surface area contributed by atoms with Gasteiger partial charge in [-0.05, 0) is 36.8 Å². The number of benzene rings is 1. The van der Waals surface area contributed by atoms with Crippen LogP contribution in [0.15, 0.2) is 53.8 Å². The second kappa shape index (κ2) is 4.40. The molecule has 1 aromatic carbocycles. The molecule has 1 nitrogen and oxygen atoms in total. The van der Waals surface area contributed by atoms with Gasteiger partial charge in [0, 0.05) is 5.92 Å². The highest BCUT2D eigenvalue weighted by atomic mass is 16.5. The van der Waals surface area contributed by atoms with Crippen molar-refractivity contribution in [3.8, 4) is 0 Å². The molecule has 17 heavy (non-hydrogen) atoms. The minimum atomic E-state index is 0.663. The van der Waals surface area contributed by atoms with Crippen LogP contribution in [-0.4, -0.2) is 0 Å². The maximum Gasteiger partial charge on any atom is 0.112 e. The molecule has 1 fully saturated rings. The first-order valence-corrected chi connectivity index (χ1v) is 6.35. The Bertz CT molecular complexity index is 456. The maximum absolute atomic E-state index is 5.70. The summed E-state index contributed by atoms with van der Waals surface area (Å²) in [4.78, 5) is 0. The van der Waals surface area contributed by atoms with E-state index in [1.54, 1.807) is 5.57 Å². The lowest BCUT2D eigenvalue weighted by molar-refractivity contribution is 0.231. The van der Waals surface area contributed by atoms with Gasteiger partial charge in [-0.15, -0.1) is 0 Å². The lowest BCUT2D eigenvalue weighted by Gasteiger charge is -2.12. The zero-order valence-corrected chi connectivity index (χ0v) is 10.2. The van der Waals surface area contributed by atoms with E-state index < -0.39 is 0 Å². The monoisotopic (exact) mass is 226 g/mol. The number of ether oxygens (including phenoxy) is 1. The van der Waals surface area contributed by atoms with Crippen molar-refractivity contribution in [1.82, 2.24) is 0 Å². The number of hydrogen-bond donors (Lipinski definition) is 0. The summed E-state index contributed by atoms with van der Waals surface area (Å²) in [7, 11) is 0. The third-order valence-electron chi connectivity index (χ3n) is 3.93. The molecule has 0 spiro atoms. The van der Waals surface area contributed by atoms with Crippen LogP contribution in [-0.2, 0) is 11.3 Å². The summed E-state index contributed by atoms with van der Waals surface area (Å²) in [6, 6.07) is 10.3. The Balaban J connectivity index is 1.59. The molecular formula is C16H18O. The van der Waals surface area contributed by atoms with Crippen LogP contribution in [0.4, 0.5) is 0 Å². The van der Waals surface area contributed by atoms with Crippen LogP contribution in [0.2, 0.25) is 0 Å². The van der Waals surface area contributed by atoms with Crippen molar-refractivity contribution in [3.63, 3.8) is 0 Å². The van der Waals surface area contributed by atoms with Crippen LogP contribution in [0.1, 0.15) is 25.3 Å². The summed E-state index contributed by atoms with van der Waals surface area (Å²) in [5.41, 5.74) is 4.30. The highest BCUT2D eigenvalue weighted by Crippen LogP contribution is 2.46. The van der Waals surface area contributed by atoms with Crippen LogP contribution in [0.25, 0.3) is 0 Å². The maximum atomic E-state index is 5.70. The molecule has 2 bridgehead atoms. The number of hydrogen-bond acceptors (Lipinski definition) is 1. The molecule has 2 aliphatic carbocycles. The molecule has 0 amide bonds. The highest BCUT2D eigenvalue weighted by Gasteiger charge is 2.34. The summed E-state index contributed by atoms with van der Waals surface area (Å²) in [5, 5.41) is 0. The van der Waals surface area contributed by atoms with Crippen LogP contribution in [0.5, 0.6) is 0 Å². The summed E-state index contributed by atoms with van der Waals surface area (Å²) < 4.78 is 5.70. The molecule has 1 aromatic rings. The summed E-state index contributed by atoms with van der Waals surface area (Å²) in [6.45, 7) is 2.94. The molecule has 0 aromatic heterocycles. The molecular weight excluding hydrogens is 208 g/mol. The largest absolute Gasteiger partial charge is 0.497 e. The fraction of sp³-hybridized carbons (Fsp3) is 0.375. The lowest BCUT2D eigenvalue weighted by Crippen LogP contribution is -1.97. The molecule has 1 saturated carbocycles. The van der Waals surface area contributed by atoms with Gasteiger partial charge in [0.25, 0.3) is 0 Å². The normalized spacial score (nSPS) is 28.5. The standard InChI is InChI=1S/C16H18O/c1-12-7-15-8-14(12)9-16(15)11-17-10-13-5-3-2-4-6-13/h2-7,11,14-15H,8-10H2,1H3/b16-11+. The fourth-order valence-electron chi connectivity index (χ4n) is 2.91. The zero-order valence-electron chi connectivity index (χ0n) is 10.2. The van der Waals surface area contributed by atoms with E-state index in [4.69, 9.17) is 4.74 Å². The topological polar surface area (TPSA) is 9.23 Å². The molecule has 2 aliphatic rings. The second-order valence-corrected chi connectivity index (χ2v) is 5.14. The van der Waals surface area contributed by atoms with Crippen molar-refractivity contribution in [3.05, 3.63) is 59.4 Å². The number of fused-ring (bicyclic) bond motifs is 2. The molecule has 0 N–H and O–H groups in total. The van der Waals surface area contributed by atoms with Crippen molar-refractivity contribution in [1.29, 1.82) is 0 Å². The summed E-state index contributed by atoms with van der Waals surface area (Å²) in [5.74, 6) is 1.46. The Morgan fingerprint density at radius 1 is 1.29 bits per heavy atom. The first-order valence-electron chi connectivity index (χ1n) is 6.35. The molecule has 0 radical (unpaired) electrons. The van der Waals surface area contributed by atoms with E-state index in [0.29, 0.717) is 12.5 Å². The van der Waals surface area contributed by atoms with Gasteiger partial charge in [0.2, 0.25) is 0 Å². The van der Waals surface area contributed by atoms with E-state index in [1.807, 2.05) is 12.3 Å². The van der Waals surface area contributed by atoms with Gasteiger partial charge in [-0.3, -0.25) is 0 Å². The van der Waals surface area contributed by atoms with Crippen molar-refractivity contribution in [2.24, 2.45) is 11.8 Å². The molecule has 88 valence electrons. The SMILES string of the molecule is CC1=CC2CC1C/C2=C\OCc1ccccc1. The quantitative estimate of drug-likeness (QED) is 0.557. The van der Waals surface area contributed by atoms with Crippen molar-refractivity contribution < 1.29 is 4.74 Å². The first kappa shape index (κ1) is 10.6. The second-order valence-electron chi connectivity index (χ2n) is 5.14. The van der Waals surface area contributed by atoms with E-state index in [2.05, 4.69) is 37.3 Å². The van der Waals surface area contributed by atoms with Crippen LogP contribution in [0, 0.1) is 11.8 Å². The Morgan fingerprint density at radius 2 is 2.12 bits per heavy atom. The van der Waals surface area contributed by atoms with E-state index in [1.165, 1.54) is 24.0 Å². The van der Waals surface area contributed by atoms with Gasteiger partial charge in [0.05, 0.1) is 6.26 Å². The van der Waals surface area contributed by atoms with E-state index >= 15 is 0 Å². The van der Waals surface area contributed by atoms with E-state index in [0.717, 1.165) is 5.92 Å². The Kier molecular flexibility index (Phi) is 2.76. The third kappa shape index (κ3) is 2.14. The predicted octanol–water partition coefficient (Wildman–Crippen LogP) is 4.07. The number of rotatable bonds is 3. The molecule has 0 saturated heterocycles. The summed E-state index contributed by atoms with van der Waals surface area (Å²) >= 11 is 0. The van der Waals surface area contributed by atoms with E-state index in [9.17, 15) is 0 Å². The minimum absolute atomic E-state index is 0.663. The van der Waals surface area contributed by atoms with Gasteiger partial charge in [0.15, 0.2) is 0 Å². The van der Waals surface area contributed by atoms with Gasteiger partial charge < -0.3 is 4.74 Å². The van der Waals surface area contributed by atoms with Crippen molar-refractivity contribution >= 4 is 0 Å². The van der Waals surface area contributed by atoms with Gasteiger partial charge in [0.1, 0.15) is 6.61 Å². The van der Waals surface area contributed by atoms with Crippen LogP contribution in [0.3, 0.4) is 0 Å².